The van der Waals surface area contributed by atoms with E-state index in [0.717, 1.165) is 50.4 Å². The van der Waals surface area contributed by atoms with Gasteiger partial charge in [0.1, 0.15) is 0 Å². The quantitative estimate of drug-likeness (QED) is 0.851. The summed E-state index contributed by atoms with van der Waals surface area (Å²) in [6.45, 7) is 5.62. The van der Waals surface area contributed by atoms with Gasteiger partial charge in [-0.15, -0.1) is 5.10 Å². The monoisotopic (exact) mass is 357 g/mol. The van der Waals surface area contributed by atoms with Gasteiger partial charge in [0.15, 0.2) is 0 Å². The maximum atomic E-state index is 11.9. The van der Waals surface area contributed by atoms with Crippen LogP contribution in [0, 0.1) is 0 Å². The Morgan fingerprint density at radius 3 is 2.73 bits per heavy atom. The van der Waals surface area contributed by atoms with Crippen molar-refractivity contribution in [3.63, 3.8) is 0 Å². The molecule has 140 valence electrons. The van der Waals surface area contributed by atoms with Crippen LogP contribution in [0.4, 0.5) is 4.79 Å². The van der Waals surface area contributed by atoms with E-state index in [4.69, 9.17) is 0 Å². The molecule has 3 rings (SSSR count). The Balaban J connectivity index is 1.50. The van der Waals surface area contributed by atoms with Crippen LogP contribution in [0.5, 0.6) is 0 Å². The highest BCUT2D eigenvalue weighted by molar-refractivity contribution is 5.74. The first kappa shape index (κ1) is 18.3. The lowest BCUT2D eigenvalue weighted by molar-refractivity contribution is 0.168. The summed E-state index contributed by atoms with van der Waals surface area (Å²) in [5, 5.41) is 11.5. The first-order valence-corrected chi connectivity index (χ1v) is 9.17. The Bertz CT molecular complexity index is 695. The van der Waals surface area contributed by atoms with Crippen molar-refractivity contribution in [3.05, 3.63) is 42.0 Å². The Morgan fingerprint density at radius 2 is 2.04 bits per heavy atom. The molecule has 2 aromatic rings. The molecule has 1 fully saturated rings. The van der Waals surface area contributed by atoms with Crippen molar-refractivity contribution < 1.29 is 4.79 Å². The van der Waals surface area contributed by atoms with Crippen molar-refractivity contribution >= 4 is 6.03 Å². The first-order valence-electron chi connectivity index (χ1n) is 9.17. The van der Waals surface area contributed by atoms with E-state index >= 15 is 0 Å². The van der Waals surface area contributed by atoms with E-state index < -0.39 is 0 Å². The number of pyridine rings is 1. The molecule has 0 unspecified atom stereocenters. The van der Waals surface area contributed by atoms with Gasteiger partial charge in [-0.05, 0) is 38.9 Å². The zero-order valence-corrected chi connectivity index (χ0v) is 15.5. The summed E-state index contributed by atoms with van der Waals surface area (Å²) < 4.78 is 1.96. The van der Waals surface area contributed by atoms with Gasteiger partial charge in [0.25, 0.3) is 0 Å². The summed E-state index contributed by atoms with van der Waals surface area (Å²) in [7, 11) is 2.05. The highest BCUT2D eigenvalue weighted by Crippen LogP contribution is 2.21. The third-order valence-electron chi connectivity index (χ3n) is 4.60. The van der Waals surface area contributed by atoms with Crippen LogP contribution in [-0.2, 0) is 13.1 Å². The molecule has 1 N–H and O–H groups in total. The van der Waals surface area contributed by atoms with E-state index in [9.17, 15) is 4.79 Å². The number of nitrogens with zero attached hydrogens (tertiary/aromatic N) is 6. The van der Waals surface area contributed by atoms with Crippen LogP contribution >= 0.6 is 0 Å². The van der Waals surface area contributed by atoms with Crippen molar-refractivity contribution in [3.8, 4) is 0 Å². The van der Waals surface area contributed by atoms with Crippen molar-refractivity contribution in [2.24, 2.45) is 0 Å². The van der Waals surface area contributed by atoms with Gasteiger partial charge >= 0.3 is 6.03 Å². The average molecular weight is 357 g/mol. The molecule has 0 saturated carbocycles. The molecule has 0 atom stereocenters. The summed E-state index contributed by atoms with van der Waals surface area (Å²) in [5.74, 6) is 0. The molecule has 2 amide bonds. The molecule has 8 nitrogen and oxygen atoms in total. The number of carbonyl (C=O) groups is 1. The number of rotatable bonds is 6. The standard InChI is InChI=1S/C18H27N7O/c1-3-19-18(26)24-10-7-17(8-11-24)25-14-16(21-22-25)13-23(2)12-15-6-4-5-9-20-15/h4-6,9,14,17H,3,7-8,10-13H2,1-2H3,(H,19,26). The fourth-order valence-corrected chi connectivity index (χ4v) is 3.26. The molecular weight excluding hydrogens is 330 g/mol. The second-order valence-corrected chi connectivity index (χ2v) is 6.74. The zero-order valence-electron chi connectivity index (χ0n) is 15.5. The van der Waals surface area contributed by atoms with Gasteiger partial charge in [0.05, 0.1) is 23.6 Å². The van der Waals surface area contributed by atoms with Crippen LogP contribution in [-0.4, -0.2) is 62.5 Å². The second-order valence-electron chi connectivity index (χ2n) is 6.74. The lowest BCUT2D eigenvalue weighted by Gasteiger charge is -2.31. The number of piperidine rings is 1. The van der Waals surface area contributed by atoms with Crippen molar-refractivity contribution in [2.75, 3.05) is 26.7 Å². The highest BCUT2D eigenvalue weighted by Gasteiger charge is 2.24. The molecule has 26 heavy (non-hydrogen) atoms. The molecule has 0 aromatic carbocycles. The highest BCUT2D eigenvalue weighted by atomic mass is 16.2. The molecule has 2 aromatic heterocycles. The van der Waals surface area contributed by atoms with Gasteiger partial charge < -0.3 is 10.2 Å². The van der Waals surface area contributed by atoms with Gasteiger partial charge in [0, 0.05) is 38.9 Å². The minimum atomic E-state index is 0.0291. The maximum absolute atomic E-state index is 11.9. The fraction of sp³-hybridized carbons (Fsp3) is 0.556. The fourth-order valence-electron chi connectivity index (χ4n) is 3.26. The Labute approximate surface area is 154 Å². The minimum absolute atomic E-state index is 0.0291. The van der Waals surface area contributed by atoms with Crippen LogP contribution in [0.15, 0.2) is 30.6 Å². The number of likely N-dealkylation sites (tertiary alicyclic amines) is 1. The molecule has 3 heterocycles. The Hall–Kier alpha value is -2.48. The van der Waals surface area contributed by atoms with E-state index in [0.29, 0.717) is 12.6 Å². The summed E-state index contributed by atoms with van der Waals surface area (Å²) in [6, 6.07) is 6.28. The normalized spacial score (nSPS) is 15.4. The molecule has 8 heteroatoms. The van der Waals surface area contributed by atoms with E-state index in [1.807, 2.05) is 47.1 Å². The number of hydrogen-bond acceptors (Lipinski definition) is 5. The number of nitrogens with one attached hydrogen (secondary N) is 1. The smallest absolute Gasteiger partial charge is 0.317 e. The zero-order chi connectivity index (χ0) is 18.4. The number of urea groups is 1. The molecule has 1 aliphatic rings. The number of aromatic nitrogens is 4. The third kappa shape index (κ3) is 4.78. The van der Waals surface area contributed by atoms with E-state index in [-0.39, 0.29) is 6.03 Å². The molecule has 0 spiro atoms. The SMILES string of the molecule is CCNC(=O)N1CCC(n2cc(CN(C)Cc3ccccn3)nn2)CC1. The van der Waals surface area contributed by atoms with Crippen LogP contribution in [0.25, 0.3) is 0 Å². The topological polar surface area (TPSA) is 79.2 Å². The minimum Gasteiger partial charge on any atom is -0.338 e. The average Bonchev–Trinajstić information content (AvgIpc) is 3.11. The van der Waals surface area contributed by atoms with Crippen molar-refractivity contribution in [1.29, 1.82) is 0 Å². The number of hydrogen-bond donors (Lipinski definition) is 1. The predicted octanol–water partition coefficient (Wildman–Crippen LogP) is 1.67. The van der Waals surface area contributed by atoms with Gasteiger partial charge in [0.2, 0.25) is 0 Å². The third-order valence-corrected chi connectivity index (χ3v) is 4.60. The van der Waals surface area contributed by atoms with Crippen LogP contribution in [0.2, 0.25) is 0 Å². The molecule has 0 aliphatic carbocycles. The summed E-state index contributed by atoms with van der Waals surface area (Å²) in [4.78, 5) is 20.3. The number of amides is 2. The predicted molar refractivity (Wildman–Crippen MR) is 98.3 cm³/mol. The maximum Gasteiger partial charge on any atom is 0.317 e. The van der Waals surface area contributed by atoms with Crippen molar-refractivity contribution in [1.82, 2.24) is 35.1 Å². The van der Waals surface area contributed by atoms with Gasteiger partial charge in [-0.1, -0.05) is 11.3 Å². The summed E-state index contributed by atoms with van der Waals surface area (Å²) in [5.41, 5.74) is 2.00. The largest absolute Gasteiger partial charge is 0.338 e. The van der Waals surface area contributed by atoms with Crippen LogP contribution in [0.1, 0.15) is 37.2 Å². The van der Waals surface area contributed by atoms with Gasteiger partial charge in [-0.3, -0.25) is 9.88 Å². The van der Waals surface area contributed by atoms with Gasteiger partial charge in [-0.25, -0.2) is 9.48 Å². The van der Waals surface area contributed by atoms with Crippen LogP contribution < -0.4 is 5.32 Å². The Morgan fingerprint density at radius 1 is 1.27 bits per heavy atom. The summed E-state index contributed by atoms with van der Waals surface area (Å²) in [6.07, 6.45) is 5.65. The molecule has 1 aliphatic heterocycles. The van der Waals surface area contributed by atoms with Crippen LogP contribution in [0.3, 0.4) is 0 Å². The summed E-state index contributed by atoms with van der Waals surface area (Å²) >= 11 is 0. The second kappa shape index (κ2) is 8.75. The molecular formula is C18H27N7O. The van der Waals surface area contributed by atoms with Crippen molar-refractivity contribution in [2.45, 2.75) is 38.9 Å². The number of carbonyl (C=O) groups excluding carboxylic acids is 1. The van der Waals surface area contributed by atoms with Gasteiger partial charge in [-0.2, -0.15) is 0 Å². The molecule has 0 radical (unpaired) electrons. The Kier molecular flexibility index (Phi) is 6.17. The van der Waals surface area contributed by atoms with E-state index in [1.165, 1.54) is 0 Å². The molecule has 0 bridgehead atoms. The lowest BCUT2D eigenvalue weighted by Crippen LogP contribution is -2.44. The van der Waals surface area contributed by atoms with E-state index in [2.05, 4.69) is 32.6 Å². The lowest BCUT2D eigenvalue weighted by atomic mass is 10.1. The van der Waals surface area contributed by atoms with E-state index in [1.54, 1.807) is 0 Å². The molecule has 1 saturated heterocycles. The first-order chi connectivity index (χ1) is 12.7.